The summed E-state index contributed by atoms with van der Waals surface area (Å²) in [6.45, 7) is 4.56. The molecule has 0 bridgehead atoms. The second-order valence-electron chi connectivity index (χ2n) is 14.8. The van der Waals surface area contributed by atoms with Crippen LogP contribution in [-0.4, -0.2) is 19.9 Å². The van der Waals surface area contributed by atoms with Gasteiger partial charge in [0.1, 0.15) is 0 Å². The van der Waals surface area contributed by atoms with E-state index in [0.717, 1.165) is 46.1 Å². The van der Waals surface area contributed by atoms with E-state index in [1.807, 2.05) is 6.20 Å². The van der Waals surface area contributed by atoms with Crippen molar-refractivity contribution in [2.75, 3.05) is 0 Å². The summed E-state index contributed by atoms with van der Waals surface area (Å²) in [4.78, 5) is 20.7. The Morgan fingerprint density at radius 2 is 1.31 bits per heavy atom. The summed E-state index contributed by atoms with van der Waals surface area (Å²) < 4.78 is 0. The van der Waals surface area contributed by atoms with E-state index < -0.39 is 0 Å². The average molecular weight is 671 g/mol. The van der Waals surface area contributed by atoms with Crippen LogP contribution in [0.3, 0.4) is 0 Å². The van der Waals surface area contributed by atoms with E-state index in [4.69, 9.17) is 19.9 Å². The molecule has 5 aromatic carbocycles. The minimum Gasteiger partial charge on any atom is -0.260 e. The fraction of sp³-hybridized carbons (Fsp3) is 0.167. The van der Waals surface area contributed by atoms with Crippen LogP contribution in [-0.2, 0) is 6.42 Å². The molecule has 0 fully saturated rings. The van der Waals surface area contributed by atoms with Crippen molar-refractivity contribution in [3.8, 4) is 33.9 Å². The zero-order valence-corrected chi connectivity index (χ0v) is 29.4. The van der Waals surface area contributed by atoms with Crippen LogP contribution in [0.15, 0.2) is 140 Å². The Labute approximate surface area is 304 Å². The van der Waals surface area contributed by atoms with Crippen molar-refractivity contribution in [1.82, 2.24) is 19.9 Å². The molecule has 0 spiro atoms. The maximum atomic E-state index is 5.34. The third-order valence-corrected chi connectivity index (χ3v) is 11.2. The maximum Gasteiger partial charge on any atom is 0.164 e. The van der Waals surface area contributed by atoms with E-state index >= 15 is 0 Å². The smallest absolute Gasteiger partial charge is 0.164 e. The van der Waals surface area contributed by atoms with Gasteiger partial charge in [-0.2, -0.15) is 0 Å². The van der Waals surface area contributed by atoms with Crippen LogP contribution in [0.1, 0.15) is 54.4 Å². The van der Waals surface area contributed by atoms with Crippen LogP contribution in [0.25, 0.3) is 67.1 Å². The molecule has 0 saturated heterocycles. The quantitative estimate of drug-likeness (QED) is 0.138. The standard InChI is InChI=1S/C48H38N4/c1-29-15-17-34-27-44(41-14-8-6-12-39(41)42(34)23-29)48-51-46(32-21-19-31(20-22-32)36-25-35-18-16-30(2)24-45(35)49-28-36)50-47(52-48)43-26-33-9-3-4-10-37(33)38-11-5-7-13-40(38)43/h3-22,25-30,34,42H,23-24H2,1-2H3/t29?,30?,34?,42-/m0/s1. The van der Waals surface area contributed by atoms with Gasteiger partial charge in [-0.25, -0.2) is 15.0 Å². The predicted octanol–water partition coefficient (Wildman–Crippen LogP) is 11.5. The minimum absolute atomic E-state index is 0.300. The Morgan fingerprint density at radius 3 is 2.19 bits per heavy atom. The van der Waals surface area contributed by atoms with Gasteiger partial charge in [0, 0.05) is 40.1 Å². The first kappa shape index (κ1) is 30.8. The number of hydrogen-bond acceptors (Lipinski definition) is 4. The first-order valence-corrected chi connectivity index (χ1v) is 18.5. The van der Waals surface area contributed by atoms with Crippen molar-refractivity contribution in [3.63, 3.8) is 0 Å². The van der Waals surface area contributed by atoms with Gasteiger partial charge in [0.25, 0.3) is 0 Å². The normalized spacial score (nSPS) is 20.3. The highest BCUT2D eigenvalue weighted by Gasteiger charge is 2.33. The van der Waals surface area contributed by atoms with Gasteiger partial charge in [0.15, 0.2) is 17.5 Å². The molecular weight excluding hydrogens is 633 g/mol. The van der Waals surface area contributed by atoms with Crippen molar-refractivity contribution in [1.29, 1.82) is 0 Å². The molecule has 0 amide bonds. The molecule has 4 atom stereocenters. The number of nitrogens with zero attached hydrogens (tertiary/aromatic N) is 4. The van der Waals surface area contributed by atoms with Gasteiger partial charge in [-0.3, -0.25) is 4.98 Å². The fourth-order valence-corrected chi connectivity index (χ4v) is 8.56. The SMILES string of the molecule is CC1C=Cc2cc(-c3ccc(-c4nc(C5=CC6C=CC(C)C[C@@H]6c6ccccc65)nc(-c5cc6ccccc6c6ccccc56)n4)cc3)cnc2C1. The first-order valence-electron chi connectivity index (χ1n) is 18.5. The lowest BCUT2D eigenvalue weighted by atomic mass is 9.69. The Morgan fingerprint density at radius 1 is 0.577 bits per heavy atom. The summed E-state index contributed by atoms with van der Waals surface area (Å²) in [5, 5.41) is 4.71. The number of aromatic nitrogens is 4. The van der Waals surface area contributed by atoms with Crippen LogP contribution in [0.5, 0.6) is 0 Å². The lowest BCUT2D eigenvalue weighted by Crippen LogP contribution is -2.22. The van der Waals surface area contributed by atoms with Crippen LogP contribution < -0.4 is 0 Å². The van der Waals surface area contributed by atoms with E-state index in [9.17, 15) is 0 Å². The molecule has 3 unspecified atom stereocenters. The molecule has 52 heavy (non-hydrogen) atoms. The minimum atomic E-state index is 0.300. The summed E-state index contributed by atoms with van der Waals surface area (Å²) in [5.41, 5.74) is 10.2. The van der Waals surface area contributed by atoms with Crippen LogP contribution in [0.2, 0.25) is 0 Å². The van der Waals surface area contributed by atoms with Crippen molar-refractivity contribution in [3.05, 3.63) is 168 Å². The molecule has 0 saturated carbocycles. The molecule has 3 aliphatic rings. The van der Waals surface area contributed by atoms with Crippen molar-refractivity contribution in [2.45, 2.75) is 32.6 Å². The van der Waals surface area contributed by atoms with E-state index in [1.54, 1.807) is 0 Å². The number of pyridine rings is 1. The summed E-state index contributed by atoms with van der Waals surface area (Å²) in [6, 6.07) is 39.1. The molecule has 0 aliphatic heterocycles. The number of hydrogen-bond donors (Lipinski definition) is 0. The number of fused-ring (bicyclic) bond motifs is 7. The molecule has 3 aliphatic carbocycles. The van der Waals surface area contributed by atoms with E-state index in [0.29, 0.717) is 41.1 Å². The van der Waals surface area contributed by atoms with Gasteiger partial charge in [0.05, 0.1) is 0 Å². The molecule has 250 valence electrons. The summed E-state index contributed by atoms with van der Waals surface area (Å²) in [7, 11) is 0. The van der Waals surface area contributed by atoms with Gasteiger partial charge >= 0.3 is 0 Å². The molecule has 0 radical (unpaired) electrons. The molecule has 0 N–H and O–H groups in total. The van der Waals surface area contributed by atoms with Crippen molar-refractivity contribution in [2.24, 2.45) is 17.8 Å². The van der Waals surface area contributed by atoms with Crippen LogP contribution >= 0.6 is 0 Å². The van der Waals surface area contributed by atoms with Gasteiger partial charge in [-0.05, 0) is 86.5 Å². The average Bonchev–Trinajstić information content (AvgIpc) is 3.20. The highest BCUT2D eigenvalue weighted by molar-refractivity contribution is 6.13. The first-order chi connectivity index (χ1) is 25.6. The Bertz CT molecular complexity index is 2630. The number of benzene rings is 5. The molecule has 10 rings (SSSR count). The summed E-state index contributed by atoms with van der Waals surface area (Å²) >= 11 is 0. The molecule has 4 nitrogen and oxygen atoms in total. The van der Waals surface area contributed by atoms with Crippen molar-refractivity contribution >= 4 is 33.2 Å². The zero-order chi connectivity index (χ0) is 34.8. The predicted molar refractivity (Wildman–Crippen MR) is 214 cm³/mol. The number of allylic oxidation sites excluding steroid dienone is 4. The second kappa shape index (κ2) is 12.3. The highest BCUT2D eigenvalue weighted by atomic mass is 15.0. The third-order valence-electron chi connectivity index (χ3n) is 11.2. The van der Waals surface area contributed by atoms with E-state index in [-0.39, 0.29) is 0 Å². The highest BCUT2D eigenvalue weighted by Crippen LogP contribution is 2.46. The summed E-state index contributed by atoms with van der Waals surface area (Å²) in [6.07, 6.45) is 15.8. The topological polar surface area (TPSA) is 51.6 Å². The van der Waals surface area contributed by atoms with E-state index in [2.05, 4.69) is 153 Å². The Kier molecular flexibility index (Phi) is 7.31. The molecule has 7 aromatic rings. The second-order valence-corrected chi connectivity index (χ2v) is 14.8. The monoisotopic (exact) mass is 670 g/mol. The maximum absolute atomic E-state index is 5.34. The van der Waals surface area contributed by atoms with Gasteiger partial charge in [0.2, 0.25) is 0 Å². The van der Waals surface area contributed by atoms with Gasteiger partial charge in [-0.15, -0.1) is 0 Å². The molecule has 4 heteroatoms. The Balaban J connectivity index is 1.15. The summed E-state index contributed by atoms with van der Waals surface area (Å²) in [5.74, 6) is 3.88. The lowest BCUT2D eigenvalue weighted by Gasteiger charge is -2.35. The fourth-order valence-electron chi connectivity index (χ4n) is 8.56. The lowest BCUT2D eigenvalue weighted by molar-refractivity contribution is 0.453. The molecular formula is C48H38N4. The molecule has 2 aromatic heterocycles. The van der Waals surface area contributed by atoms with Crippen molar-refractivity contribution < 1.29 is 0 Å². The molecule has 2 heterocycles. The van der Waals surface area contributed by atoms with Gasteiger partial charge < -0.3 is 0 Å². The van der Waals surface area contributed by atoms with Gasteiger partial charge in [-0.1, -0.05) is 141 Å². The van der Waals surface area contributed by atoms with E-state index in [1.165, 1.54) is 38.5 Å². The largest absolute Gasteiger partial charge is 0.260 e. The van der Waals surface area contributed by atoms with Crippen LogP contribution in [0.4, 0.5) is 0 Å². The third kappa shape index (κ3) is 5.29. The van der Waals surface area contributed by atoms with Crippen LogP contribution in [0, 0.1) is 17.8 Å². The Hall–Kier alpha value is -6.00. The zero-order valence-electron chi connectivity index (χ0n) is 29.4. The number of rotatable bonds is 4.